The molecule has 0 unspecified atom stereocenters. The van der Waals surface area contributed by atoms with E-state index in [1.165, 1.54) is 0 Å². The highest BCUT2D eigenvalue weighted by molar-refractivity contribution is 5.35. The lowest BCUT2D eigenvalue weighted by atomic mass is 9.91. The lowest BCUT2D eigenvalue weighted by Crippen LogP contribution is -2.24. The maximum atomic E-state index is 13.7. The minimum Gasteiger partial charge on any atom is -0.266 e. The molecule has 1 aliphatic carbocycles. The molecule has 0 fully saturated rings. The first-order valence-corrected chi connectivity index (χ1v) is 5.71. The van der Waals surface area contributed by atoms with Gasteiger partial charge in [0, 0.05) is 18.2 Å². The fourth-order valence-corrected chi connectivity index (χ4v) is 2.32. The lowest BCUT2D eigenvalue weighted by molar-refractivity contribution is -0.146. The van der Waals surface area contributed by atoms with Gasteiger partial charge < -0.3 is 0 Å². The zero-order chi connectivity index (χ0) is 13.7. The Morgan fingerprint density at radius 1 is 1.28 bits per heavy atom. The maximum absolute atomic E-state index is 13.7. The van der Waals surface area contributed by atoms with Crippen LogP contribution in [0, 0.1) is 0 Å². The molecule has 0 bridgehead atoms. The molecular formula is C11H13F5N2. The van der Waals surface area contributed by atoms with Crippen molar-refractivity contribution in [2.45, 2.75) is 51.3 Å². The van der Waals surface area contributed by atoms with Crippen molar-refractivity contribution in [3.05, 3.63) is 17.0 Å². The van der Waals surface area contributed by atoms with Gasteiger partial charge in [-0.05, 0) is 26.7 Å². The summed E-state index contributed by atoms with van der Waals surface area (Å²) in [6.07, 6.45) is -5.00. The van der Waals surface area contributed by atoms with Gasteiger partial charge in [-0.2, -0.15) is 18.3 Å². The standard InChI is InChI=1S/C11H13F5N2/c1-6(2)18-7-4-3-5-10(12,13)8(7)9(17-18)11(14,15)16/h6H,3-5H2,1-2H3. The van der Waals surface area contributed by atoms with Gasteiger partial charge >= 0.3 is 6.18 Å². The van der Waals surface area contributed by atoms with E-state index < -0.39 is 29.8 Å². The van der Waals surface area contributed by atoms with E-state index in [-0.39, 0.29) is 24.6 Å². The minimum atomic E-state index is -4.84. The molecule has 1 aromatic heterocycles. The Labute approximate surface area is 101 Å². The molecule has 0 aromatic carbocycles. The fraction of sp³-hybridized carbons (Fsp3) is 0.727. The summed E-state index contributed by atoms with van der Waals surface area (Å²) < 4.78 is 66.9. The van der Waals surface area contributed by atoms with Crippen LogP contribution in [0.5, 0.6) is 0 Å². The highest BCUT2D eigenvalue weighted by Crippen LogP contribution is 2.46. The molecule has 0 amide bonds. The number of alkyl halides is 5. The van der Waals surface area contributed by atoms with E-state index in [0.717, 1.165) is 4.68 Å². The van der Waals surface area contributed by atoms with Gasteiger partial charge in [0.25, 0.3) is 5.92 Å². The maximum Gasteiger partial charge on any atom is 0.435 e. The first kappa shape index (κ1) is 13.3. The van der Waals surface area contributed by atoms with Crippen molar-refractivity contribution < 1.29 is 22.0 Å². The van der Waals surface area contributed by atoms with Crippen molar-refractivity contribution in [3.63, 3.8) is 0 Å². The second kappa shape index (κ2) is 3.93. The van der Waals surface area contributed by atoms with Crippen LogP contribution in [0.25, 0.3) is 0 Å². The van der Waals surface area contributed by atoms with Crippen LogP contribution in [-0.2, 0) is 18.5 Å². The molecule has 18 heavy (non-hydrogen) atoms. The van der Waals surface area contributed by atoms with Gasteiger partial charge in [-0.25, -0.2) is 8.78 Å². The van der Waals surface area contributed by atoms with E-state index in [4.69, 9.17) is 0 Å². The van der Waals surface area contributed by atoms with E-state index in [0.29, 0.717) is 0 Å². The van der Waals surface area contributed by atoms with E-state index in [2.05, 4.69) is 5.10 Å². The topological polar surface area (TPSA) is 17.8 Å². The SMILES string of the molecule is CC(C)n1nc(C(F)(F)F)c2c1CCCC2(F)F. The van der Waals surface area contributed by atoms with Crippen LogP contribution in [0.2, 0.25) is 0 Å². The average molecular weight is 268 g/mol. The molecule has 1 aliphatic rings. The van der Waals surface area contributed by atoms with E-state index in [1.807, 2.05) is 0 Å². The fourth-order valence-electron chi connectivity index (χ4n) is 2.32. The molecule has 1 heterocycles. The summed E-state index contributed by atoms with van der Waals surface area (Å²) in [5.41, 5.74) is -2.33. The summed E-state index contributed by atoms with van der Waals surface area (Å²) in [6.45, 7) is 3.25. The third-order valence-electron chi connectivity index (χ3n) is 3.04. The van der Waals surface area contributed by atoms with E-state index >= 15 is 0 Å². The van der Waals surface area contributed by atoms with Gasteiger partial charge in [0.2, 0.25) is 0 Å². The molecule has 0 radical (unpaired) electrons. The first-order chi connectivity index (χ1) is 8.14. The normalized spacial score (nSPS) is 19.1. The van der Waals surface area contributed by atoms with Gasteiger partial charge in [0.15, 0.2) is 5.69 Å². The molecule has 102 valence electrons. The van der Waals surface area contributed by atoms with Crippen molar-refractivity contribution in [2.24, 2.45) is 0 Å². The average Bonchev–Trinajstić information content (AvgIpc) is 2.57. The Hall–Kier alpha value is -1.14. The number of aromatic nitrogens is 2. The Kier molecular flexibility index (Phi) is 2.90. The van der Waals surface area contributed by atoms with Crippen molar-refractivity contribution in [1.29, 1.82) is 0 Å². The first-order valence-electron chi connectivity index (χ1n) is 5.71. The van der Waals surface area contributed by atoms with Crippen LogP contribution >= 0.6 is 0 Å². The molecule has 0 saturated heterocycles. The van der Waals surface area contributed by atoms with Gasteiger partial charge in [-0.15, -0.1) is 0 Å². The number of nitrogens with zero attached hydrogens (tertiary/aromatic N) is 2. The third-order valence-corrected chi connectivity index (χ3v) is 3.04. The van der Waals surface area contributed by atoms with Crippen molar-refractivity contribution in [2.75, 3.05) is 0 Å². The second-order valence-electron chi connectivity index (χ2n) is 4.76. The van der Waals surface area contributed by atoms with Crippen LogP contribution in [0.1, 0.15) is 49.7 Å². The Morgan fingerprint density at radius 3 is 2.39 bits per heavy atom. The molecular weight excluding hydrogens is 255 g/mol. The Bertz CT molecular complexity index is 459. The molecule has 2 rings (SSSR count). The number of rotatable bonds is 1. The molecule has 0 spiro atoms. The van der Waals surface area contributed by atoms with E-state index in [9.17, 15) is 22.0 Å². The Balaban J connectivity index is 2.69. The summed E-state index contributed by atoms with van der Waals surface area (Å²) in [5, 5.41) is 3.37. The summed E-state index contributed by atoms with van der Waals surface area (Å²) in [4.78, 5) is 0. The monoisotopic (exact) mass is 268 g/mol. The van der Waals surface area contributed by atoms with Gasteiger partial charge in [0.1, 0.15) is 0 Å². The smallest absolute Gasteiger partial charge is 0.266 e. The molecule has 7 heteroatoms. The number of halogens is 5. The largest absolute Gasteiger partial charge is 0.435 e. The van der Waals surface area contributed by atoms with Crippen LogP contribution < -0.4 is 0 Å². The molecule has 1 aromatic rings. The number of hydrogen-bond acceptors (Lipinski definition) is 1. The molecule has 0 atom stereocenters. The Morgan fingerprint density at radius 2 is 1.89 bits per heavy atom. The number of hydrogen-bond donors (Lipinski definition) is 0. The summed E-state index contributed by atoms with van der Waals surface area (Å²) >= 11 is 0. The lowest BCUT2D eigenvalue weighted by Gasteiger charge is -2.24. The molecule has 2 nitrogen and oxygen atoms in total. The van der Waals surface area contributed by atoms with Gasteiger partial charge in [-0.1, -0.05) is 0 Å². The second-order valence-corrected chi connectivity index (χ2v) is 4.76. The summed E-state index contributed by atoms with van der Waals surface area (Å²) in [7, 11) is 0. The van der Waals surface area contributed by atoms with Crippen LogP contribution in [0.15, 0.2) is 0 Å². The highest BCUT2D eigenvalue weighted by Gasteiger charge is 2.49. The molecule has 0 N–H and O–H groups in total. The van der Waals surface area contributed by atoms with Crippen molar-refractivity contribution in [3.8, 4) is 0 Å². The quantitative estimate of drug-likeness (QED) is 0.706. The zero-order valence-corrected chi connectivity index (χ0v) is 9.98. The van der Waals surface area contributed by atoms with Crippen molar-refractivity contribution >= 4 is 0 Å². The predicted molar refractivity (Wildman–Crippen MR) is 54.4 cm³/mol. The summed E-state index contributed by atoms with van der Waals surface area (Å²) in [6, 6.07) is -0.372. The summed E-state index contributed by atoms with van der Waals surface area (Å²) in [5.74, 6) is -3.44. The minimum absolute atomic E-state index is 0.0218. The highest BCUT2D eigenvalue weighted by atomic mass is 19.4. The zero-order valence-electron chi connectivity index (χ0n) is 9.98. The van der Waals surface area contributed by atoms with Crippen molar-refractivity contribution in [1.82, 2.24) is 9.78 Å². The van der Waals surface area contributed by atoms with Gasteiger partial charge in [0.05, 0.1) is 5.56 Å². The van der Waals surface area contributed by atoms with E-state index in [1.54, 1.807) is 13.8 Å². The third kappa shape index (κ3) is 1.99. The van der Waals surface area contributed by atoms with Crippen LogP contribution in [0.4, 0.5) is 22.0 Å². The van der Waals surface area contributed by atoms with Gasteiger partial charge in [-0.3, -0.25) is 4.68 Å². The van der Waals surface area contributed by atoms with Crippen LogP contribution in [0.3, 0.4) is 0 Å². The predicted octanol–water partition coefficient (Wildman–Crippen LogP) is 3.91. The van der Waals surface area contributed by atoms with Crippen LogP contribution in [-0.4, -0.2) is 9.78 Å². The molecule has 0 aliphatic heterocycles. The molecule has 0 saturated carbocycles. The number of fused-ring (bicyclic) bond motifs is 1.